The second-order valence-corrected chi connectivity index (χ2v) is 6.90. The minimum atomic E-state index is 0.757. The molecule has 2 N–H and O–H groups in total. The number of rotatable bonds is 7. The van der Waals surface area contributed by atoms with Crippen LogP contribution in [0.3, 0.4) is 0 Å². The molecule has 2 nitrogen and oxygen atoms in total. The molecule has 3 atom stereocenters. The van der Waals surface area contributed by atoms with E-state index in [1.54, 1.807) is 0 Å². The molecule has 0 amide bonds. The highest BCUT2D eigenvalue weighted by molar-refractivity contribution is 6.30. The largest absolute Gasteiger partial charge is 0.494 e. The molecule has 0 aliphatic heterocycles. The third kappa shape index (κ3) is 5.52. The fraction of sp³-hybridized carbons (Fsp3) is 0.667. The van der Waals surface area contributed by atoms with Crippen LogP contribution in [-0.2, 0) is 0 Å². The lowest BCUT2D eigenvalue weighted by Crippen LogP contribution is -2.92. The van der Waals surface area contributed by atoms with Gasteiger partial charge < -0.3 is 10.1 Å². The highest BCUT2D eigenvalue weighted by atomic mass is 35.5. The van der Waals surface area contributed by atoms with Crippen LogP contribution in [0.25, 0.3) is 0 Å². The molecule has 0 aromatic heterocycles. The van der Waals surface area contributed by atoms with Gasteiger partial charge in [0.2, 0.25) is 0 Å². The van der Waals surface area contributed by atoms with Crippen molar-refractivity contribution in [3.05, 3.63) is 29.3 Å². The third-order valence-electron chi connectivity index (χ3n) is 4.92. The van der Waals surface area contributed by atoms with E-state index in [9.17, 15) is 0 Å². The minimum Gasteiger partial charge on any atom is -0.494 e. The van der Waals surface area contributed by atoms with Gasteiger partial charge in [-0.2, -0.15) is 0 Å². The summed E-state index contributed by atoms with van der Waals surface area (Å²) in [7, 11) is 0. The van der Waals surface area contributed by atoms with Crippen LogP contribution in [0.4, 0.5) is 0 Å². The van der Waals surface area contributed by atoms with Gasteiger partial charge in [-0.1, -0.05) is 25.4 Å². The Balaban J connectivity index is 1.55. The van der Waals surface area contributed by atoms with Crippen LogP contribution >= 0.6 is 11.6 Å². The number of hydrogen-bond acceptors (Lipinski definition) is 1. The molecule has 0 spiro atoms. The Hall–Kier alpha value is -0.730. The number of quaternary nitrogens is 1. The van der Waals surface area contributed by atoms with E-state index in [-0.39, 0.29) is 0 Å². The van der Waals surface area contributed by atoms with Crippen LogP contribution in [0.15, 0.2) is 24.3 Å². The first-order valence-electron chi connectivity index (χ1n) is 8.38. The quantitative estimate of drug-likeness (QED) is 0.760. The van der Waals surface area contributed by atoms with E-state index < -0.39 is 0 Å². The molecule has 21 heavy (non-hydrogen) atoms. The number of halogens is 1. The van der Waals surface area contributed by atoms with Crippen molar-refractivity contribution in [3.63, 3.8) is 0 Å². The molecule has 1 aliphatic carbocycles. The van der Waals surface area contributed by atoms with Gasteiger partial charge in [0.25, 0.3) is 0 Å². The van der Waals surface area contributed by atoms with Crippen LogP contribution in [0.5, 0.6) is 5.75 Å². The van der Waals surface area contributed by atoms with Gasteiger partial charge in [-0.05, 0) is 62.3 Å². The van der Waals surface area contributed by atoms with E-state index >= 15 is 0 Å². The summed E-state index contributed by atoms with van der Waals surface area (Å²) in [6.07, 6.45) is 6.57. The van der Waals surface area contributed by atoms with Crippen molar-refractivity contribution in [1.29, 1.82) is 0 Å². The summed E-state index contributed by atoms with van der Waals surface area (Å²) in [4.78, 5) is 0. The van der Waals surface area contributed by atoms with E-state index in [2.05, 4.69) is 19.2 Å². The lowest BCUT2D eigenvalue weighted by atomic mass is 9.78. The highest BCUT2D eigenvalue weighted by Gasteiger charge is 2.29. The standard InChI is InChI=1S/C18H28ClNO/c1-14-6-5-7-18(15(14)2)20-12-3-4-13-21-17-10-8-16(19)9-11-17/h8-11,14-15,18,20H,3-7,12-13H2,1-2H3/p+1/t14-,15+,18+/m0/s1. The van der Waals surface area contributed by atoms with Crippen molar-refractivity contribution in [3.8, 4) is 5.75 Å². The van der Waals surface area contributed by atoms with Crippen LogP contribution in [0, 0.1) is 11.8 Å². The Morgan fingerprint density at radius 3 is 2.67 bits per heavy atom. The zero-order chi connectivity index (χ0) is 15.1. The van der Waals surface area contributed by atoms with Crippen LogP contribution < -0.4 is 10.1 Å². The predicted octanol–water partition coefficient (Wildman–Crippen LogP) is 3.89. The molecule has 1 aliphatic rings. The maximum Gasteiger partial charge on any atom is 0.119 e. The second-order valence-electron chi connectivity index (χ2n) is 6.47. The van der Waals surface area contributed by atoms with Gasteiger partial charge in [-0.3, -0.25) is 0 Å². The lowest BCUT2D eigenvalue weighted by Gasteiger charge is -2.32. The molecule has 0 bridgehead atoms. The monoisotopic (exact) mass is 310 g/mol. The fourth-order valence-corrected chi connectivity index (χ4v) is 3.38. The number of benzene rings is 1. The molecule has 0 unspecified atom stereocenters. The van der Waals surface area contributed by atoms with E-state index in [0.29, 0.717) is 0 Å². The lowest BCUT2D eigenvalue weighted by molar-refractivity contribution is -0.699. The number of ether oxygens (including phenoxy) is 1. The van der Waals surface area contributed by atoms with Crippen LogP contribution in [-0.4, -0.2) is 19.2 Å². The third-order valence-corrected chi connectivity index (χ3v) is 5.17. The fourth-order valence-electron chi connectivity index (χ4n) is 3.25. The zero-order valence-corrected chi connectivity index (χ0v) is 14.1. The Labute approximate surface area is 134 Å². The average molecular weight is 311 g/mol. The number of hydrogen-bond donors (Lipinski definition) is 1. The maximum atomic E-state index is 5.85. The van der Waals surface area contributed by atoms with Gasteiger partial charge in [0, 0.05) is 10.9 Å². The van der Waals surface area contributed by atoms with E-state index in [4.69, 9.17) is 16.3 Å². The summed E-state index contributed by atoms with van der Waals surface area (Å²) >= 11 is 5.85. The SMILES string of the molecule is C[C@@H]1[C@@H](C)CCC[C@H]1[NH2+]CCCCOc1ccc(Cl)cc1. The molecule has 1 saturated carbocycles. The molecule has 1 aromatic carbocycles. The average Bonchev–Trinajstić information content (AvgIpc) is 2.49. The second kappa shape index (κ2) is 8.65. The zero-order valence-electron chi connectivity index (χ0n) is 13.4. The van der Waals surface area contributed by atoms with Crippen molar-refractivity contribution >= 4 is 11.6 Å². The van der Waals surface area contributed by atoms with Crippen LogP contribution in [0.1, 0.15) is 46.0 Å². The molecule has 1 aromatic rings. The van der Waals surface area contributed by atoms with Crippen molar-refractivity contribution in [2.24, 2.45) is 11.8 Å². The van der Waals surface area contributed by atoms with Gasteiger partial charge in [0.15, 0.2) is 0 Å². The molecule has 2 rings (SSSR count). The van der Waals surface area contributed by atoms with Crippen molar-refractivity contribution in [2.75, 3.05) is 13.2 Å². The van der Waals surface area contributed by atoms with E-state index in [0.717, 1.165) is 41.7 Å². The topological polar surface area (TPSA) is 25.8 Å². The molecule has 118 valence electrons. The summed E-state index contributed by atoms with van der Waals surface area (Å²) in [5.74, 6) is 2.68. The normalized spacial score (nSPS) is 25.8. The maximum absolute atomic E-state index is 5.85. The minimum absolute atomic E-state index is 0.757. The number of nitrogens with two attached hydrogens (primary N) is 1. The molecular formula is C18H29ClNO+. The molecule has 1 fully saturated rings. The van der Waals surface area contributed by atoms with Gasteiger partial charge in [-0.15, -0.1) is 0 Å². The molecule has 3 heteroatoms. The van der Waals surface area contributed by atoms with E-state index in [1.165, 1.54) is 32.2 Å². The van der Waals surface area contributed by atoms with Gasteiger partial charge >= 0.3 is 0 Å². The molecule has 0 radical (unpaired) electrons. The molecular weight excluding hydrogens is 282 g/mol. The summed E-state index contributed by atoms with van der Waals surface area (Å²) < 4.78 is 5.72. The summed E-state index contributed by atoms with van der Waals surface area (Å²) in [5, 5.41) is 3.33. The van der Waals surface area contributed by atoms with Gasteiger partial charge in [0.1, 0.15) is 5.75 Å². The Morgan fingerprint density at radius 1 is 1.14 bits per heavy atom. The Morgan fingerprint density at radius 2 is 1.90 bits per heavy atom. The van der Waals surface area contributed by atoms with E-state index in [1.807, 2.05) is 24.3 Å². The van der Waals surface area contributed by atoms with Crippen molar-refractivity contribution in [2.45, 2.75) is 52.0 Å². The Kier molecular flexibility index (Phi) is 6.85. The molecule has 0 heterocycles. The Bertz CT molecular complexity index is 406. The highest BCUT2D eigenvalue weighted by Crippen LogP contribution is 2.27. The summed E-state index contributed by atoms with van der Waals surface area (Å²) in [5.41, 5.74) is 0. The summed E-state index contributed by atoms with van der Waals surface area (Å²) in [6, 6.07) is 8.44. The van der Waals surface area contributed by atoms with Crippen molar-refractivity contribution < 1.29 is 10.1 Å². The number of unbranched alkanes of at least 4 members (excludes halogenated alkanes) is 1. The first-order valence-corrected chi connectivity index (χ1v) is 8.76. The van der Waals surface area contributed by atoms with Gasteiger partial charge in [-0.25, -0.2) is 0 Å². The predicted molar refractivity (Wildman–Crippen MR) is 88.9 cm³/mol. The first-order chi connectivity index (χ1) is 10.2. The first kappa shape index (κ1) is 16.6. The molecule has 0 saturated heterocycles. The van der Waals surface area contributed by atoms with Crippen molar-refractivity contribution in [1.82, 2.24) is 0 Å². The van der Waals surface area contributed by atoms with Crippen LogP contribution in [0.2, 0.25) is 5.02 Å². The summed E-state index contributed by atoms with van der Waals surface area (Å²) in [6.45, 7) is 6.86. The smallest absolute Gasteiger partial charge is 0.119 e. The van der Waals surface area contributed by atoms with Gasteiger partial charge in [0.05, 0.1) is 19.2 Å².